The summed E-state index contributed by atoms with van der Waals surface area (Å²) in [5.74, 6) is 0. The van der Waals surface area contributed by atoms with E-state index < -0.39 is 0 Å². The van der Waals surface area contributed by atoms with Crippen LogP contribution in [0.2, 0.25) is 0 Å². The maximum atomic E-state index is 12.4. The molecule has 1 amide bonds. The third-order valence-electron chi connectivity index (χ3n) is 6.60. The van der Waals surface area contributed by atoms with Crippen LogP contribution in [0.25, 0.3) is 0 Å². The van der Waals surface area contributed by atoms with E-state index in [4.69, 9.17) is 4.74 Å². The third kappa shape index (κ3) is 5.24. The van der Waals surface area contributed by atoms with Gasteiger partial charge in [0.15, 0.2) is 0 Å². The number of carbonyl (C=O) groups excluding carboxylic acids is 1. The highest BCUT2D eigenvalue weighted by Crippen LogP contribution is 2.33. The first-order valence-electron chi connectivity index (χ1n) is 10.7. The Morgan fingerprint density at radius 2 is 1.74 bits per heavy atom. The highest BCUT2D eigenvalue weighted by atomic mass is 16.6. The van der Waals surface area contributed by atoms with E-state index in [0.29, 0.717) is 6.04 Å². The van der Waals surface area contributed by atoms with Crippen LogP contribution in [-0.2, 0) is 4.74 Å². The van der Waals surface area contributed by atoms with Crippen molar-refractivity contribution in [1.82, 2.24) is 19.6 Å². The van der Waals surface area contributed by atoms with Crippen molar-refractivity contribution in [2.45, 2.75) is 52.2 Å². The predicted octanol–water partition coefficient (Wildman–Crippen LogP) is 2.27. The van der Waals surface area contributed by atoms with Gasteiger partial charge in [-0.05, 0) is 27.7 Å². The summed E-state index contributed by atoms with van der Waals surface area (Å²) < 4.78 is 5.89. The van der Waals surface area contributed by atoms with Crippen LogP contribution >= 0.6 is 0 Å². The number of hydrogen-bond donors (Lipinski definition) is 0. The van der Waals surface area contributed by atoms with Crippen molar-refractivity contribution >= 4 is 6.09 Å². The first-order valence-corrected chi connectivity index (χ1v) is 10.7. The van der Waals surface area contributed by atoms with Crippen molar-refractivity contribution in [1.29, 1.82) is 0 Å². The molecule has 6 nitrogen and oxygen atoms in total. The van der Waals surface area contributed by atoms with Crippen molar-refractivity contribution in [3.63, 3.8) is 0 Å². The molecule has 3 fully saturated rings. The fraction of sp³-hybridized carbons (Fsp3) is 0.857. The molecule has 0 aromatic carbocycles. The molecular weight excluding hydrogens is 340 g/mol. The number of carbonyl (C=O) groups is 1. The van der Waals surface area contributed by atoms with Gasteiger partial charge in [0, 0.05) is 77.8 Å². The van der Waals surface area contributed by atoms with Gasteiger partial charge in [0.2, 0.25) is 0 Å². The van der Waals surface area contributed by atoms with Crippen LogP contribution in [0, 0.1) is 0 Å². The molecule has 1 spiro atoms. The molecule has 0 aromatic rings. The minimum Gasteiger partial charge on any atom is -0.441 e. The van der Waals surface area contributed by atoms with E-state index in [-0.39, 0.29) is 11.7 Å². The molecule has 0 radical (unpaired) electrons. The van der Waals surface area contributed by atoms with Crippen LogP contribution in [0.5, 0.6) is 0 Å². The summed E-state index contributed by atoms with van der Waals surface area (Å²) in [5.41, 5.74) is 1.17. The number of ether oxygens (including phenoxy) is 1. The lowest BCUT2D eigenvalue weighted by molar-refractivity contribution is 0.00278. The smallest absolute Gasteiger partial charge is 0.410 e. The molecule has 3 saturated heterocycles. The fourth-order valence-electron chi connectivity index (χ4n) is 4.45. The number of hydrogen-bond acceptors (Lipinski definition) is 5. The monoisotopic (exact) mass is 378 g/mol. The van der Waals surface area contributed by atoms with E-state index in [9.17, 15) is 4.79 Å². The summed E-state index contributed by atoms with van der Waals surface area (Å²) >= 11 is 0. The van der Waals surface area contributed by atoms with Gasteiger partial charge in [-0.15, -0.1) is 0 Å². The Kier molecular flexibility index (Phi) is 6.82. The molecule has 0 unspecified atom stereocenters. The normalized spacial score (nSPS) is 25.6. The fourth-order valence-corrected chi connectivity index (χ4v) is 4.45. The summed E-state index contributed by atoms with van der Waals surface area (Å²) in [6.45, 7) is 18.9. The molecule has 0 atom stereocenters. The Morgan fingerprint density at radius 3 is 2.33 bits per heavy atom. The lowest BCUT2D eigenvalue weighted by Gasteiger charge is -2.38. The quantitative estimate of drug-likeness (QED) is 0.663. The number of piperidine rings is 1. The summed E-state index contributed by atoms with van der Waals surface area (Å²) in [6.07, 6.45) is 4.00. The molecular formula is C21H38N4O2. The largest absolute Gasteiger partial charge is 0.441 e. The van der Waals surface area contributed by atoms with Crippen LogP contribution in [-0.4, -0.2) is 103 Å². The van der Waals surface area contributed by atoms with Crippen molar-refractivity contribution in [3.8, 4) is 0 Å². The third-order valence-corrected chi connectivity index (χ3v) is 6.60. The van der Waals surface area contributed by atoms with Crippen LogP contribution in [0.4, 0.5) is 4.79 Å². The maximum absolute atomic E-state index is 12.4. The highest BCUT2D eigenvalue weighted by molar-refractivity contribution is 5.70. The molecule has 3 aliphatic heterocycles. The van der Waals surface area contributed by atoms with Gasteiger partial charge in [0.1, 0.15) is 5.60 Å². The first kappa shape index (κ1) is 20.6. The minimum atomic E-state index is -0.242. The Morgan fingerprint density at radius 1 is 1.07 bits per heavy atom. The molecule has 0 bridgehead atoms. The molecule has 0 saturated carbocycles. The van der Waals surface area contributed by atoms with Gasteiger partial charge in [-0.1, -0.05) is 11.6 Å². The molecule has 0 aliphatic carbocycles. The number of amides is 1. The van der Waals surface area contributed by atoms with E-state index in [1.165, 1.54) is 5.57 Å². The molecule has 0 N–H and O–H groups in total. The van der Waals surface area contributed by atoms with Crippen molar-refractivity contribution in [3.05, 3.63) is 11.6 Å². The van der Waals surface area contributed by atoms with E-state index >= 15 is 0 Å². The maximum Gasteiger partial charge on any atom is 0.410 e. The van der Waals surface area contributed by atoms with Gasteiger partial charge in [-0.25, -0.2) is 4.79 Å². The topological polar surface area (TPSA) is 39.3 Å². The van der Waals surface area contributed by atoms with E-state index in [2.05, 4.69) is 48.5 Å². The number of rotatable bonds is 6. The van der Waals surface area contributed by atoms with E-state index in [1.54, 1.807) is 0 Å². The zero-order valence-corrected chi connectivity index (χ0v) is 17.7. The van der Waals surface area contributed by atoms with Gasteiger partial charge >= 0.3 is 6.09 Å². The second kappa shape index (κ2) is 8.93. The van der Waals surface area contributed by atoms with Gasteiger partial charge in [0.05, 0.1) is 6.54 Å². The summed E-state index contributed by atoms with van der Waals surface area (Å²) in [5, 5.41) is 0. The zero-order valence-electron chi connectivity index (χ0n) is 17.7. The van der Waals surface area contributed by atoms with Gasteiger partial charge < -0.3 is 9.64 Å². The average molecular weight is 379 g/mol. The lowest BCUT2D eigenvalue weighted by atomic mass is 9.91. The van der Waals surface area contributed by atoms with Gasteiger partial charge in [-0.3, -0.25) is 14.7 Å². The number of allylic oxidation sites excluding steroid dienone is 1. The van der Waals surface area contributed by atoms with Gasteiger partial charge in [0.25, 0.3) is 0 Å². The lowest BCUT2D eigenvalue weighted by Crippen LogP contribution is -2.51. The highest BCUT2D eigenvalue weighted by Gasteiger charge is 2.46. The Bertz CT molecular complexity index is 532. The Hall–Kier alpha value is -1.11. The molecule has 0 aromatic heterocycles. The standard InChI is InChI=1S/C21H38N4O2/c1-5-19(4)16-23-8-6-21(7-9-23)17-25(20(26)27-21)15-12-22-10-13-24(14-11-22)18(2)3/h5,18H,6-17H2,1-4H3/b19-5+. The molecule has 154 valence electrons. The summed E-state index contributed by atoms with van der Waals surface area (Å²) in [4.78, 5) is 21.9. The SMILES string of the molecule is C/C=C(\C)CN1CCC2(CC1)CN(CCN1CCN(C(C)C)CC1)C(=O)O2. The number of nitrogens with zero attached hydrogens (tertiary/aromatic N) is 4. The van der Waals surface area contributed by atoms with Crippen molar-refractivity contribution in [2.24, 2.45) is 0 Å². The van der Waals surface area contributed by atoms with Crippen LogP contribution in [0.3, 0.4) is 0 Å². The minimum absolute atomic E-state index is 0.103. The van der Waals surface area contributed by atoms with Crippen LogP contribution in [0.15, 0.2) is 11.6 Å². The second-order valence-corrected chi connectivity index (χ2v) is 8.86. The molecule has 3 rings (SSSR count). The molecule has 27 heavy (non-hydrogen) atoms. The van der Waals surface area contributed by atoms with E-state index in [0.717, 1.165) is 78.3 Å². The summed E-state index contributed by atoms with van der Waals surface area (Å²) in [6, 6.07) is 0.628. The van der Waals surface area contributed by atoms with Crippen molar-refractivity contribution in [2.75, 3.05) is 65.4 Å². The second-order valence-electron chi connectivity index (χ2n) is 8.86. The summed E-state index contributed by atoms with van der Waals surface area (Å²) in [7, 11) is 0. The Labute approximate surface area is 165 Å². The van der Waals surface area contributed by atoms with Crippen molar-refractivity contribution < 1.29 is 9.53 Å². The zero-order chi connectivity index (χ0) is 19.4. The number of piperazine rings is 1. The molecule has 3 aliphatic rings. The van der Waals surface area contributed by atoms with Crippen LogP contribution < -0.4 is 0 Å². The van der Waals surface area contributed by atoms with E-state index in [1.807, 2.05) is 4.90 Å². The van der Waals surface area contributed by atoms with Crippen LogP contribution in [0.1, 0.15) is 40.5 Å². The number of likely N-dealkylation sites (tertiary alicyclic amines) is 1. The average Bonchev–Trinajstić information content (AvgIpc) is 2.97. The molecule has 6 heteroatoms. The predicted molar refractivity (Wildman–Crippen MR) is 109 cm³/mol. The Balaban J connectivity index is 1.42. The molecule has 3 heterocycles. The van der Waals surface area contributed by atoms with Gasteiger partial charge in [-0.2, -0.15) is 0 Å². The first-order chi connectivity index (χ1) is 12.9.